The number of rotatable bonds is 3. The van der Waals surface area contributed by atoms with Crippen molar-refractivity contribution in [1.82, 2.24) is 4.90 Å². The van der Waals surface area contributed by atoms with Crippen molar-refractivity contribution in [2.75, 3.05) is 13.1 Å². The van der Waals surface area contributed by atoms with E-state index < -0.39 is 5.60 Å². The summed E-state index contributed by atoms with van der Waals surface area (Å²) in [5.74, 6) is 0. The molecule has 0 atom stereocenters. The molecule has 0 spiro atoms. The van der Waals surface area contributed by atoms with Crippen LogP contribution in [-0.2, 0) is 4.74 Å². The van der Waals surface area contributed by atoms with Crippen LogP contribution in [0.3, 0.4) is 0 Å². The molecule has 20 heavy (non-hydrogen) atoms. The van der Waals surface area contributed by atoms with Crippen LogP contribution in [-0.4, -0.2) is 40.9 Å². The lowest BCUT2D eigenvalue weighted by Crippen LogP contribution is -2.61. The van der Waals surface area contributed by atoms with Gasteiger partial charge in [0.2, 0.25) is 0 Å². The van der Waals surface area contributed by atoms with Gasteiger partial charge >= 0.3 is 6.09 Å². The molecule has 1 rings (SSSR count). The zero-order chi connectivity index (χ0) is 15.6. The fourth-order valence-corrected chi connectivity index (χ4v) is 2.47. The highest BCUT2D eigenvalue weighted by molar-refractivity contribution is 9.12. The summed E-state index contributed by atoms with van der Waals surface area (Å²) >= 11 is 3.52. The van der Waals surface area contributed by atoms with Crippen molar-refractivity contribution in [3.05, 3.63) is 10.6 Å². The minimum absolute atomic E-state index is 0.204. The van der Waals surface area contributed by atoms with Gasteiger partial charge in [-0.25, -0.2) is 4.79 Å². The number of halogens is 1. The predicted molar refractivity (Wildman–Crippen MR) is 86.6 cm³/mol. The smallest absolute Gasteiger partial charge is 0.410 e. The van der Waals surface area contributed by atoms with Crippen molar-refractivity contribution >= 4 is 27.7 Å². The molecular formula is C15H25BrN2O2. The zero-order valence-electron chi connectivity index (χ0n) is 13.3. The van der Waals surface area contributed by atoms with E-state index in [-0.39, 0.29) is 11.6 Å². The Balaban J connectivity index is 2.66. The summed E-state index contributed by atoms with van der Waals surface area (Å²) in [5.41, 5.74) is 0.387. The third-order valence-electron chi connectivity index (χ3n) is 2.98. The SMILES string of the molecule is C/C=C(/Br)C(CC)=NC1(C)CN(C(=O)OC(C)(C)C)C1. The molecule has 0 unspecified atom stereocenters. The Morgan fingerprint density at radius 3 is 2.40 bits per heavy atom. The number of allylic oxidation sites excluding steroid dienone is 2. The number of carbonyl (C=O) groups excluding carboxylic acids is 1. The van der Waals surface area contributed by atoms with Gasteiger partial charge in [-0.3, -0.25) is 4.99 Å². The first-order valence-corrected chi connectivity index (χ1v) is 7.78. The second kappa shape index (κ2) is 6.29. The third kappa shape index (κ3) is 4.62. The van der Waals surface area contributed by atoms with Crippen LogP contribution in [0, 0.1) is 0 Å². The molecule has 0 bridgehead atoms. The van der Waals surface area contributed by atoms with Crippen LogP contribution < -0.4 is 0 Å². The van der Waals surface area contributed by atoms with Crippen LogP contribution in [0.5, 0.6) is 0 Å². The average Bonchev–Trinajstić information content (AvgIpc) is 2.29. The number of hydrogen-bond donors (Lipinski definition) is 0. The van der Waals surface area contributed by atoms with E-state index >= 15 is 0 Å². The van der Waals surface area contributed by atoms with Gasteiger partial charge in [-0.15, -0.1) is 0 Å². The largest absolute Gasteiger partial charge is 0.444 e. The van der Waals surface area contributed by atoms with Crippen LogP contribution in [0.1, 0.15) is 48.0 Å². The minimum Gasteiger partial charge on any atom is -0.444 e. The minimum atomic E-state index is -0.450. The Kier molecular flexibility index (Phi) is 5.41. The van der Waals surface area contributed by atoms with E-state index in [1.54, 1.807) is 4.90 Å². The van der Waals surface area contributed by atoms with E-state index in [1.807, 2.05) is 33.8 Å². The van der Waals surface area contributed by atoms with Gasteiger partial charge in [0.25, 0.3) is 0 Å². The first-order chi connectivity index (χ1) is 9.10. The molecule has 0 radical (unpaired) electrons. The first-order valence-electron chi connectivity index (χ1n) is 6.99. The van der Waals surface area contributed by atoms with Crippen LogP contribution in [0.4, 0.5) is 4.79 Å². The number of likely N-dealkylation sites (tertiary alicyclic amines) is 1. The molecule has 4 nitrogen and oxygen atoms in total. The molecule has 0 aliphatic carbocycles. The van der Waals surface area contributed by atoms with Crippen molar-refractivity contribution in [2.45, 2.75) is 59.1 Å². The summed E-state index contributed by atoms with van der Waals surface area (Å²) < 4.78 is 6.38. The molecule has 1 aliphatic rings. The van der Waals surface area contributed by atoms with Gasteiger partial charge in [0.1, 0.15) is 5.60 Å². The number of aliphatic imine (C=N–C) groups is 1. The van der Waals surface area contributed by atoms with Crippen molar-refractivity contribution < 1.29 is 9.53 Å². The fourth-order valence-electron chi connectivity index (χ4n) is 2.10. The van der Waals surface area contributed by atoms with E-state index in [4.69, 9.17) is 9.73 Å². The normalized spacial score (nSPS) is 19.6. The van der Waals surface area contributed by atoms with Crippen molar-refractivity contribution in [3.8, 4) is 0 Å². The Bertz CT molecular complexity index is 430. The predicted octanol–water partition coefficient (Wildman–Crippen LogP) is 4.15. The number of amides is 1. The van der Waals surface area contributed by atoms with Gasteiger partial charge in [0, 0.05) is 10.2 Å². The number of ether oxygens (including phenoxy) is 1. The van der Waals surface area contributed by atoms with Crippen LogP contribution in [0.15, 0.2) is 15.6 Å². The molecule has 1 fully saturated rings. The van der Waals surface area contributed by atoms with Gasteiger partial charge in [-0.1, -0.05) is 13.0 Å². The highest BCUT2D eigenvalue weighted by Gasteiger charge is 2.43. The first kappa shape index (κ1) is 17.2. The lowest BCUT2D eigenvalue weighted by Gasteiger charge is -2.45. The topological polar surface area (TPSA) is 41.9 Å². The quantitative estimate of drug-likeness (QED) is 0.721. The van der Waals surface area contributed by atoms with Crippen LogP contribution in [0.2, 0.25) is 0 Å². The van der Waals surface area contributed by atoms with Gasteiger partial charge in [-0.2, -0.15) is 0 Å². The Hall–Kier alpha value is -0.840. The molecule has 1 amide bonds. The van der Waals surface area contributed by atoms with Gasteiger partial charge in [0.05, 0.1) is 18.6 Å². The molecule has 0 aromatic carbocycles. The summed E-state index contributed by atoms with van der Waals surface area (Å²) in [4.78, 5) is 18.4. The van der Waals surface area contributed by atoms with Gasteiger partial charge in [-0.05, 0) is 57.0 Å². The third-order valence-corrected chi connectivity index (χ3v) is 3.90. The Morgan fingerprint density at radius 2 is 2.00 bits per heavy atom. The number of nitrogens with zero attached hydrogens (tertiary/aromatic N) is 2. The molecule has 0 saturated carbocycles. The maximum atomic E-state index is 11.9. The molecular weight excluding hydrogens is 320 g/mol. The summed E-state index contributed by atoms with van der Waals surface area (Å²) in [5, 5.41) is 0. The monoisotopic (exact) mass is 344 g/mol. The molecule has 114 valence electrons. The summed E-state index contributed by atoms with van der Waals surface area (Å²) in [6.45, 7) is 13.0. The average molecular weight is 345 g/mol. The lowest BCUT2D eigenvalue weighted by atomic mass is 9.93. The number of carbonyl (C=O) groups is 1. The van der Waals surface area contributed by atoms with Crippen LogP contribution >= 0.6 is 15.9 Å². The maximum Gasteiger partial charge on any atom is 0.410 e. The zero-order valence-corrected chi connectivity index (χ0v) is 14.9. The van der Waals surface area contributed by atoms with E-state index in [0.29, 0.717) is 13.1 Å². The molecule has 1 heterocycles. The summed E-state index contributed by atoms with van der Waals surface area (Å²) in [6.07, 6.45) is 2.61. The van der Waals surface area contributed by atoms with E-state index in [1.165, 1.54) is 0 Å². The fraction of sp³-hybridized carbons (Fsp3) is 0.733. The van der Waals surface area contributed by atoms with Gasteiger partial charge < -0.3 is 9.64 Å². The number of hydrogen-bond acceptors (Lipinski definition) is 3. The van der Waals surface area contributed by atoms with Crippen molar-refractivity contribution in [1.29, 1.82) is 0 Å². The van der Waals surface area contributed by atoms with Crippen LogP contribution in [0.25, 0.3) is 0 Å². The standard InChI is InChI=1S/C15H25BrN2O2/c1-7-11(16)12(8-2)17-15(6)9-18(10-15)13(19)20-14(3,4)5/h7H,8-10H2,1-6H3/b11-7+,17-12?. The molecule has 0 aromatic heterocycles. The summed E-state index contributed by atoms with van der Waals surface area (Å²) in [7, 11) is 0. The van der Waals surface area contributed by atoms with Crippen molar-refractivity contribution in [3.63, 3.8) is 0 Å². The molecule has 5 heteroatoms. The molecule has 0 N–H and O–H groups in total. The highest BCUT2D eigenvalue weighted by Crippen LogP contribution is 2.28. The Morgan fingerprint density at radius 1 is 1.45 bits per heavy atom. The highest BCUT2D eigenvalue weighted by atomic mass is 79.9. The maximum absolute atomic E-state index is 11.9. The lowest BCUT2D eigenvalue weighted by molar-refractivity contribution is -0.00420. The molecule has 1 saturated heterocycles. The molecule has 1 aliphatic heterocycles. The van der Waals surface area contributed by atoms with Gasteiger partial charge in [0.15, 0.2) is 0 Å². The Labute approximate surface area is 130 Å². The van der Waals surface area contributed by atoms with E-state index in [9.17, 15) is 4.79 Å². The van der Waals surface area contributed by atoms with E-state index in [0.717, 1.165) is 16.6 Å². The van der Waals surface area contributed by atoms with Crippen molar-refractivity contribution in [2.24, 2.45) is 4.99 Å². The van der Waals surface area contributed by atoms with E-state index in [2.05, 4.69) is 29.8 Å². The molecule has 0 aromatic rings. The summed E-state index contributed by atoms with van der Waals surface area (Å²) in [6, 6.07) is 0. The second-order valence-corrected chi connectivity index (χ2v) is 7.24. The second-order valence-electron chi connectivity index (χ2n) is 6.38.